The summed E-state index contributed by atoms with van der Waals surface area (Å²) in [5.74, 6) is 4.08. The van der Waals surface area contributed by atoms with Crippen molar-refractivity contribution in [2.24, 2.45) is 5.92 Å². The van der Waals surface area contributed by atoms with Gasteiger partial charge >= 0.3 is 0 Å². The molecule has 0 amide bonds. The lowest BCUT2D eigenvalue weighted by Crippen LogP contribution is -2.22. The van der Waals surface area contributed by atoms with Gasteiger partial charge in [-0.05, 0) is 86.9 Å². The number of benzene rings is 2. The Morgan fingerprint density at radius 3 is 2.50 bits per heavy atom. The fraction of sp³-hybridized carbons (Fsp3) is 0.538. The predicted molar refractivity (Wildman–Crippen MR) is 120 cm³/mol. The third kappa shape index (κ3) is 5.48. The van der Waals surface area contributed by atoms with Crippen molar-refractivity contribution in [1.82, 2.24) is 5.32 Å². The summed E-state index contributed by atoms with van der Waals surface area (Å²) in [5.41, 5.74) is 2.70. The lowest BCUT2D eigenvalue weighted by Gasteiger charge is -2.31. The molecule has 2 aliphatic rings. The average molecular weight is 410 g/mol. The van der Waals surface area contributed by atoms with Gasteiger partial charge in [0.2, 0.25) is 6.79 Å². The third-order valence-corrected chi connectivity index (χ3v) is 6.30. The van der Waals surface area contributed by atoms with Crippen molar-refractivity contribution >= 4 is 0 Å². The van der Waals surface area contributed by atoms with Crippen LogP contribution in [0.15, 0.2) is 42.5 Å². The standard InChI is InChI=1S/C26H35NO3/c1-19(2)30-23-11-9-22(10-12-23)24(21-6-4-3-5-7-21)14-15-27-17-20-8-13-25-26(16-20)29-18-28-25/h8-13,16,19,21,24,27H,3-7,14-15,17-18H2,1-2H3. The quantitative estimate of drug-likeness (QED) is 0.512. The van der Waals surface area contributed by atoms with Gasteiger partial charge in [-0.15, -0.1) is 0 Å². The molecule has 1 unspecified atom stereocenters. The summed E-state index contributed by atoms with van der Waals surface area (Å²) >= 11 is 0. The molecule has 0 radical (unpaired) electrons. The zero-order chi connectivity index (χ0) is 20.8. The molecular weight excluding hydrogens is 374 g/mol. The molecule has 0 aromatic heterocycles. The first-order valence-electron chi connectivity index (χ1n) is 11.5. The van der Waals surface area contributed by atoms with Gasteiger partial charge in [0.1, 0.15) is 5.75 Å². The van der Waals surface area contributed by atoms with Crippen LogP contribution in [0.2, 0.25) is 0 Å². The first-order valence-corrected chi connectivity index (χ1v) is 11.5. The second-order valence-electron chi connectivity index (χ2n) is 8.89. The van der Waals surface area contributed by atoms with Crippen LogP contribution in [0.4, 0.5) is 0 Å². The Bertz CT molecular complexity index is 796. The van der Waals surface area contributed by atoms with Crippen molar-refractivity contribution in [2.75, 3.05) is 13.3 Å². The molecule has 4 nitrogen and oxygen atoms in total. The van der Waals surface area contributed by atoms with Crippen LogP contribution in [-0.2, 0) is 6.54 Å². The molecule has 1 aliphatic carbocycles. The molecule has 2 aromatic rings. The van der Waals surface area contributed by atoms with Gasteiger partial charge in [0, 0.05) is 6.54 Å². The van der Waals surface area contributed by atoms with E-state index in [-0.39, 0.29) is 6.10 Å². The van der Waals surface area contributed by atoms with Gasteiger partial charge in [-0.1, -0.05) is 37.5 Å². The van der Waals surface area contributed by atoms with Crippen molar-refractivity contribution in [3.63, 3.8) is 0 Å². The number of nitrogens with one attached hydrogen (secondary N) is 1. The molecule has 162 valence electrons. The summed E-state index contributed by atoms with van der Waals surface area (Å²) < 4.78 is 16.7. The minimum atomic E-state index is 0.213. The van der Waals surface area contributed by atoms with Crippen molar-refractivity contribution < 1.29 is 14.2 Å². The largest absolute Gasteiger partial charge is 0.491 e. The van der Waals surface area contributed by atoms with Crippen molar-refractivity contribution in [3.05, 3.63) is 53.6 Å². The van der Waals surface area contributed by atoms with Crippen LogP contribution < -0.4 is 19.5 Å². The van der Waals surface area contributed by atoms with E-state index >= 15 is 0 Å². The fourth-order valence-electron chi connectivity index (χ4n) is 4.82. The second-order valence-corrected chi connectivity index (χ2v) is 8.89. The van der Waals surface area contributed by atoms with Crippen LogP contribution in [0.3, 0.4) is 0 Å². The molecule has 1 N–H and O–H groups in total. The number of fused-ring (bicyclic) bond motifs is 1. The zero-order valence-electron chi connectivity index (χ0n) is 18.4. The molecule has 4 rings (SSSR count). The van der Waals surface area contributed by atoms with Gasteiger partial charge in [-0.3, -0.25) is 0 Å². The fourth-order valence-corrected chi connectivity index (χ4v) is 4.82. The molecular formula is C26H35NO3. The monoisotopic (exact) mass is 409 g/mol. The number of ether oxygens (including phenoxy) is 3. The summed E-state index contributed by atoms with van der Waals surface area (Å²) in [5, 5.41) is 3.65. The highest BCUT2D eigenvalue weighted by Gasteiger charge is 2.25. The van der Waals surface area contributed by atoms with Gasteiger partial charge in [0.25, 0.3) is 0 Å². The Morgan fingerprint density at radius 1 is 0.967 bits per heavy atom. The molecule has 1 fully saturated rings. The van der Waals surface area contributed by atoms with E-state index in [0.717, 1.165) is 36.3 Å². The van der Waals surface area contributed by atoms with Crippen LogP contribution in [-0.4, -0.2) is 19.4 Å². The smallest absolute Gasteiger partial charge is 0.231 e. The average Bonchev–Trinajstić information content (AvgIpc) is 3.23. The predicted octanol–water partition coefficient (Wildman–Crippen LogP) is 6.05. The van der Waals surface area contributed by atoms with E-state index in [9.17, 15) is 0 Å². The summed E-state index contributed by atoms with van der Waals surface area (Å²) in [4.78, 5) is 0. The van der Waals surface area contributed by atoms with E-state index in [4.69, 9.17) is 14.2 Å². The first kappa shape index (κ1) is 21.0. The van der Waals surface area contributed by atoms with Gasteiger partial charge in [-0.2, -0.15) is 0 Å². The van der Waals surface area contributed by atoms with E-state index < -0.39 is 0 Å². The van der Waals surface area contributed by atoms with E-state index in [1.807, 2.05) is 6.07 Å². The highest BCUT2D eigenvalue weighted by Crippen LogP contribution is 2.38. The molecule has 30 heavy (non-hydrogen) atoms. The Hall–Kier alpha value is -2.20. The number of hydrogen-bond acceptors (Lipinski definition) is 4. The summed E-state index contributed by atoms with van der Waals surface area (Å²) in [6, 6.07) is 15.1. The highest BCUT2D eigenvalue weighted by atomic mass is 16.7. The van der Waals surface area contributed by atoms with E-state index in [2.05, 4.69) is 55.6 Å². The van der Waals surface area contributed by atoms with Gasteiger partial charge in [-0.25, -0.2) is 0 Å². The van der Waals surface area contributed by atoms with Crippen molar-refractivity contribution in [3.8, 4) is 17.2 Å². The summed E-state index contributed by atoms with van der Waals surface area (Å²) in [6.07, 6.45) is 8.24. The Labute approximate surface area is 180 Å². The summed E-state index contributed by atoms with van der Waals surface area (Å²) in [7, 11) is 0. The molecule has 0 saturated heterocycles. The van der Waals surface area contributed by atoms with Gasteiger partial charge < -0.3 is 19.5 Å². The van der Waals surface area contributed by atoms with Crippen LogP contribution in [0.25, 0.3) is 0 Å². The minimum absolute atomic E-state index is 0.213. The first-order chi connectivity index (χ1) is 14.7. The molecule has 4 heteroatoms. The van der Waals surface area contributed by atoms with Crippen molar-refractivity contribution in [2.45, 2.75) is 70.9 Å². The maximum atomic E-state index is 5.84. The van der Waals surface area contributed by atoms with Gasteiger partial charge in [0.05, 0.1) is 6.10 Å². The summed E-state index contributed by atoms with van der Waals surface area (Å²) in [6.45, 7) is 6.35. The Balaban J connectivity index is 1.35. The minimum Gasteiger partial charge on any atom is -0.491 e. The molecule has 1 saturated carbocycles. The zero-order valence-corrected chi connectivity index (χ0v) is 18.4. The van der Waals surface area contributed by atoms with Crippen LogP contribution in [0.5, 0.6) is 17.2 Å². The second kappa shape index (κ2) is 10.2. The molecule has 2 aromatic carbocycles. The number of hydrogen-bond donors (Lipinski definition) is 1. The molecule has 1 aliphatic heterocycles. The normalized spacial score (nSPS) is 17.3. The molecule has 0 spiro atoms. The Kier molecular flexibility index (Phi) is 7.16. The lowest BCUT2D eigenvalue weighted by molar-refractivity contribution is 0.174. The van der Waals surface area contributed by atoms with E-state index in [0.29, 0.717) is 12.7 Å². The number of rotatable bonds is 9. The third-order valence-electron chi connectivity index (χ3n) is 6.30. The SMILES string of the molecule is CC(C)Oc1ccc(C(CCNCc2ccc3c(c2)OCO3)C2CCCCC2)cc1. The maximum Gasteiger partial charge on any atom is 0.231 e. The molecule has 0 bridgehead atoms. The van der Waals surface area contributed by atoms with E-state index in [1.165, 1.54) is 49.7 Å². The Morgan fingerprint density at radius 2 is 1.73 bits per heavy atom. The van der Waals surface area contributed by atoms with Crippen LogP contribution in [0, 0.1) is 5.92 Å². The molecule has 1 atom stereocenters. The van der Waals surface area contributed by atoms with Crippen molar-refractivity contribution in [1.29, 1.82) is 0 Å². The lowest BCUT2D eigenvalue weighted by atomic mass is 9.75. The van der Waals surface area contributed by atoms with Crippen LogP contribution in [0.1, 0.15) is 69.4 Å². The van der Waals surface area contributed by atoms with E-state index in [1.54, 1.807) is 0 Å². The topological polar surface area (TPSA) is 39.7 Å². The maximum absolute atomic E-state index is 5.84. The van der Waals surface area contributed by atoms with Gasteiger partial charge in [0.15, 0.2) is 11.5 Å². The highest BCUT2D eigenvalue weighted by molar-refractivity contribution is 5.44. The molecule has 1 heterocycles. The van der Waals surface area contributed by atoms with Crippen LogP contribution >= 0.6 is 0 Å².